The lowest BCUT2D eigenvalue weighted by Gasteiger charge is -2.32. The Morgan fingerprint density at radius 2 is 1.50 bits per heavy atom. The van der Waals surface area contributed by atoms with Gasteiger partial charge in [-0.1, -0.05) is 72.3 Å². The second kappa shape index (κ2) is 11.8. The average molecular weight is 505 g/mol. The predicted octanol–water partition coefficient (Wildman–Crippen LogP) is 5.62. The van der Waals surface area contributed by atoms with Crippen LogP contribution in [-0.4, -0.2) is 25.2 Å². The Bertz CT molecular complexity index is 1250. The maximum Gasteiger partial charge on any atom is 0.243 e. The predicted molar refractivity (Wildman–Crippen MR) is 144 cm³/mol. The summed E-state index contributed by atoms with van der Waals surface area (Å²) in [4.78, 5) is 13.1. The molecule has 1 amide bonds. The highest BCUT2D eigenvalue weighted by atomic mass is 32.2. The minimum absolute atomic E-state index is 0.0118. The fraction of sp³-hybridized carbons (Fsp3) is 0.367. The number of benzene rings is 3. The standard InChI is InChI=1S/C30H36N2O3S/c1-23-12-14-25(15-13-23)20-31-30(33)27-18-16-26(17-19-27)21-32(22-28-9-7-6-8-24(28)2)36(34,35)29-10-4-3-5-11-29/h3-15,26-27H,16-22H2,1-2H3,(H,31,33)/t26-,27-. The highest BCUT2D eigenvalue weighted by Gasteiger charge is 2.31. The first-order valence-corrected chi connectivity index (χ1v) is 14.2. The van der Waals surface area contributed by atoms with E-state index in [4.69, 9.17) is 0 Å². The molecule has 36 heavy (non-hydrogen) atoms. The Balaban J connectivity index is 1.39. The van der Waals surface area contributed by atoms with Crippen LogP contribution in [0.4, 0.5) is 0 Å². The van der Waals surface area contributed by atoms with Crippen molar-refractivity contribution in [1.82, 2.24) is 9.62 Å². The molecule has 0 unspecified atom stereocenters. The lowest BCUT2D eigenvalue weighted by atomic mass is 9.81. The zero-order valence-electron chi connectivity index (χ0n) is 21.2. The van der Waals surface area contributed by atoms with E-state index in [-0.39, 0.29) is 17.7 Å². The zero-order chi connectivity index (χ0) is 25.5. The summed E-state index contributed by atoms with van der Waals surface area (Å²) in [5.74, 6) is 0.318. The molecule has 5 nitrogen and oxygen atoms in total. The van der Waals surface area contributed by atoms with Crippen LogP contribution in [0.5, 0.6) is 0 Å². The van der Waals surface area contributed by atoms with Crippen molar-refractivity contribution in [2.45, 2.75) is 57.5 Å². The number of carbonyl (C=O) groups is 1. The molecule has 0 spiro atoms. The lowest BCUT2D eigenvalue weighted by molar-refractivity contribution is -0.126. The highest BCUT2D eigenvalue weighted by Crippen LogP contribution is 2.32. The van der Waals surface area contributed by atoms with Crippen LogP contribution in [0.15, 0.2) is 83.8 Å². The number of nitrogens with one attached hydrogen (secondary N) is 1. The van der Waals surface area contributed by atoms with E-state index in [1.165, 1.54) is 5.56 Å². The number of hydrogen-bond acceptors (Lipinski definition) is 3. The van der Waals surface area contributed by atoms with Gasteiger partial charge in [0.2, 0.25) is 15.9 Å². The summed E-state index contributed by atoms with van der Waals surface area (Å²) in [6.07, 6.45) is 3.26. The lowest BCUT2D eigenvalue weighted by Crippen LogP contribution is -2.38. The molecule has 0 radical (unpaired) electrons. The molecule has 1 fully saturated rings. The third-order valence-corrected chi connectivity index (χ3v) is 9.08. The smallest absolute Gasteiger partial charge is 0.243 e. The van der Waals surface area contributed by atoms with Crippen LogP contribution < -0.4 is 5.32 Å². The van der Waals surface area contributed by atoms with Crippen molar-refractivity contribution in [1.29, 1.82) is 0 Å². The Kier molecular flexibility index (Phi) is 8.60. The first-order valence-electron chi connectivity index (χ1n) is 12.8. The van der Waals surface area contributed by atoms with Crippen molar-refractivity contribution in [3.8, 4) is 0 Å². The van der Waals surface area contributed by atoms with E-state index in [1.807, 2.05) is 56.3 Å². The number of hydrogen-bond donors (Lipinski definition) is 1. The molecule has 0 bridgehead atoms. The van der Waals surface area contributed by atoms with Crippen LogP contribution >= 0.6 is 0 Å². The molecule has 0 aromatic heterocycles. The Morgan fingerprint density at radius 1 is 0.861 bits per heavy atom. The van der Waals surface area contributed by atoms with E-state index in [2.05, 4.69) is 17.4 Å². The Labute approximate surface area is 215 Å². The second-order valence-corrected chi connectivity index (χ2v) is 11.9. The molecule has 1 N–H and O–H groups in total. The number of sulfonamides is 1. The van der Waals surface area contributed by atoms with Gasteiger partial charge >= 0.3 is 0 Å². The molecule has 1 aliphatic rings. The second-order valence-electron chi connectivity index (χ2n) is 9.96. The van der Waals surface area contributed by atoms with E-state index < -0.39 is 10.0 Å². The summed E-state index contributed by atoms with van der Waals surface area (Å²) in [6.45, 7) is 5.42. The monoisotopic (exact) mass is 504 g/mol. The van der Waals surface area contributed by atoms with Crippen LogP contribution in [0.3, 0.4) is 0 Å². The molecule has 0 aliphatic heterocycles. The quantitative estimate of drug-likeness (QED) is 0.411. The van der Waals surface area contributed by atoms with Crippen LogP contribution in [0.25, 0.3) is 0 Å². The third kappa shape index (κ3) is 6.62. The van der Waals surface area contributed by atoms with Crippen molar-refractivity contribution in [3.63, 3.8) is 0 Å². The van der Waals surface area contributed by atoms with Crippen LogP contribution in [0.1, 0.15) is 47.9 Å². The van der Waals surface area contributed by atoms with Gasteiger partial charge < -0.3 is 5.32 Å². The Morgan fingerprint density at radius 3 is 2.17 bits per heavy atom. The summed E-state index contributed by atoms with van der Waals surface area (Å²) >= 11 is 0. The largest absolute Gasteiger partial charge is 0.352 e. The fourth-order valence-electron chi connectivity index (χ4n) is 4.90. The highest BCUT2D eigenvalue weighted by molar-refractivity contribution is 7.89. The number of amides is 1. The van der Waals surface area contributed by atoms with E-state index in [9.17, 15) is 13.2 Å². The summed E-state index contributed by atoms with van der Waals surface area (Å²) in [6, 6.07) is 24.8. The molecule has 1 aliphatic carbocycles. The van der Waals surface area contributed by atoms with Crippen molar-refractivity contribution < 1.29 is 13.2 Å². The van der Waals surface area contributed by atoms with E-state index in [0.717, 1.165) is 42.4 Å². The molecule has 6 heteroatoms. The van der Waals surface area contributed by atoms with Crippen molar-refractivity contribution in [2.75, 3.05) is 6.54 Å². The van der Waals surface area contributed by atoms with E-state index >= 15 is 0 Å². The summed E-state index contributed by atoms with van der Waals surface area (Å²) < 4.78 is 28.8. The molecule has 0 atom stereocenters. The van der Waals surface area contributed by atoms with E-state index in [0.29, 0.717) is 24.5 Å². The number of nitrogens with zero attached hydrogens (tertiary/aromatic N) is 1. The molecular formula is C30H36N2O3S. The van der Waals surface area contributed by atoms with Gasteiger partial charge in [-0.05, 0) is 74.3 Å². The minimum atomic E-state index is -3.63. The Hall–Kier alpha value is -2.96. The summed E-state index contributed by atoms with van der Waals surface area (Å²) in [7, 11) is -3.63. The van der Waals surface area contributed by atoms with Crippen LogP contribution in [0, 0.1) is 25.7 Å². The van der Waals surface area contributed by atoms with Gasteiger partial charge in [0.05, 0.1) is 4.90 Å². The van der Waals surface area contributed by atoms with Gasteiger partial charge in [-0.2, -0.15) is 4.31 Å². The molecule has 4 rings (SSSR count). The van der Waals surface area contributed by atoms with Crippen LogP contribution in [0.2, 0.25) is 0 Å². The molecule has 3 aromatic carbocycles. The third-order valence-electron chi connectivity index (χ3n) is 7.26. The first-order chi connectivity index (χ1) is 17.3. The molecule has 190 valence electrons. The zero-order valence-corrected chi connectivity index (χ0v) is 22.0. The van der Waals surface area contributed by atoms with Gasteiger partial charge in [0, 0.05) is 25.6 Å². The summed E-state index contributed by atoms with van der Waals surface area (Å²) in [5, 5.41) is 3.08. The van der Waals surface area contributed by atoms with Gasteiger partial charge in [-0.15, -0.1) is 0 Å². The topological polar surface area (TPSA) is 66.5 Å². The van der Waals surface area contributed by atoms with Gasteiger partial charge in [0.25, 0.3) is 0 Å². The van der Waals surface area contributed by atoms with Gasteiger partial charge in [-0.3, -0.25) is 4.79 Å². The van der Waals surface area contributed by atoms with E-state index in [1.54, 1.807) is 28.6 Å². The van der Waals surface area contributed by atoms with Gasteiger partial charge in [-0.25, -0.2) is 8.42 Å². The minimum Gasteiger partial charge on any atom is -0.352 e. The van der Waals surface area contributed by atoms with Crippen LogP contribution in [-0.2, 0) is 27.9 Å². The molecule has 0 saturated heterocycles. The number of carbonyl (C=O) groups excluding carboxylic acids is 1. The van der Waals surface area contributed by atoms with Crippen molar-refractivity contribution >= 4 is 15.9 Å². The number of aryl methyl sites for hydroxylation is 2. The summed E-state index contributed by atoms with van der Waals surface area (Å²) in [5.41, 5.74) is 4.40. The average Bonchev–Trinajstić information content (AvgIpc) is 2.90. The maximum absolute atomic E-state index is 13.6. The fourth-order valence-corrected chi connectivity index (χ4v) is 6.42. The molecule has 1 saturated carbocycles. The normalized spacial score (nSPS) is 18.2. The van der Waals surface area contributed by atoms with Crippen molar-refractivity contribution in [2.24, 2.45) is 11.8 Å². The van der Waals surface area contributed by atoms with Crippen molar-refractivity contribution in [3.05, 3.63) is 101 Å². The SMILES string of the molecule is Cc1ccc(CNC(=O)[C@H]2CC[C@H](CN(Cc3ccccc3C)S(=O)(=O)c3ccccc3)CC2)cc1. The molecular weight excluding hydrogens is 468 g/mol. The molecule has 0 heterocycles. The maximum atomic E-state index is 13.6. The first kappa shape index (κ1) is 26.1. The number of rotatable bonds is 9. The van der Waals surface area contributed by atoms with Gasteiger partial charge in [0.15, 0.2) is 0 Å². The molecule has 3 aromatic rings. The van der Waals surface area contributed by atoms with Gasteiger partial charge in [0.1, 0.15) is 0 Å².